The predicted molar refractivity (Wildman–Crippen MR) is 275 cm³/mol. The Kier molecular flexibility index (Phi) is 11.2. The van der Waals surface area contributed by atoms with E-state index >= 15 is 0 Å². The van der Waals surface area contributed by atoms with Crippen molar-refractivity contribution in [1.29, 1.82) is 0 Å². The van der Waals surface area contributed by atoms with Gasteiger partial charge in [0, 0.05) is 47.7 Å². The number of hydrogen-bond donors (Lipinski definition) is 0. The molecule has 0 spiro atoms. The Balaban J connectivity index is 0.000000238. The van der Waals surface area contributed by atoms with Crippen LogP contribution in [0, 0.1) is 19.0 Å². The SMILES string of the molecule is CC(C)c1cc(-c2ccccc2)cc(C(C)C)c1-n1c(-c2[c-]ccc3c2oc2cc4c(ccc5ccccc54)cc23)nc2ccccc21.[2H]C([2H])([2H])c1c[c-]c(-c2ncc([Si](C)(C)C)cn2)cc1.[Ir]. The molecule has 0 saturated carbocycles. The van der Waals surface area contributed by atoms with E-state index in [0.717, 1.165) is 44.4 Å². The van der Waals surface area contributed by atoms with Crippen LogP contribution in [0.15, 0.2) is 162 Å². The summed E-state index contributed by atoms with van der Waals surface area (Å²) in [6.07, 6.45) is 3.72. The molecule has 0 aliphatic heterocycles. The van der Waals surface area contributed by atoms with Crippen molar-refractivity contribution >= 4 is 67.8 Å². The zero-order chi connectivity index (χ0) is 47.5. The van der Waals surface area contributed by atoms with Gasteiger partial charge in [0.05, 0.1) is 36.3 Å². The molecule has 8 aromatic carbocycles. The van der Waals surface area contributed by atoms with E-state index in [0.29, 0.717) is 11.4 Å². The first-order valence-corrected chi connectivity index (χ1v) is 25.9. The third-order valence-electron chi connectivity index (χ3n) is 12.4. The van der Waals surface area contributed by atoms with E-state index < -0.39 is 14.9 Å². The average molecular weight is 1060 g/mol. The molecule has 0 saturated heterocycles. The first-order chi connectivity index (χ1) is 32.6. The number of aromatic nitrogens is 4. The quantitative estimate of drug-likeness (QED) is 0.0907. The van der Waals surface area contributed by atoms with Crippen LogP contribution in [-0.4, -0.2) is 27.6 Å². The van der Waals surface area contributed by atoms with E-state index in [2.05, 4.69) is 195 Å². The second-order valence-electron chi connectivity index (χ2n) is 18.5. The van der Waals surface area contributed by atoms with Gasteiger partial charge in [-0.05, 0) is 97.2 Å². The van der Waals surface area contributed by atoms with Gasteiger partial charge in [0.1, 0.15) is 5.58 Å². The van der Waals surface area contributed by atoms with Gasteiger partial charge in [0.2, 0.25) is 0 Å². The zero-order valence-corrected chi connectivity index (χ0v) is 41.6. The second-order valence-corrected chi connectivity index (χ2v) is 23.6. The minimum absolute atomic E-state index is 0. The van der Waals surface area contributed by atoms with Crippen LogP contribution in [0.5, 0.6) is 0 Å². The molecule has 0 atom stereocenters. The molecule has 0 fully saturated rings. The van der Waals surface area contributed by atoms with Gasteiger partial charge in [-0.2, -0.15) is 0 Å². The van der Waals surface area contributed by atoms with Crippen LogP contribution in [0.1, 0.15) is 60.3 Å². The summed E-state index contributed by atoms with van der Waals surface area (Å²) in [7, 11) is -1.40. The van der Waals surface area contributed by atoms with Crippen molar-refractivity contribution < 1.29 is 28.6 Å². The van der Waals surface area contributed by atoms with Crippen molar-refractivity contribution in [2.75, 3.05) is 0 Å². The maximum atomic E-state index is 7.33. The Bertz CT molecular complexity index is 3570. The summed E-state index contributed by atoms with van der Waals surface area (Å²) in [4.78, 5) is 14.0. The number of para-hydroxylation sites is 2. The molecule has 5 nitrogen and oxygen atoms in total. The number of fused-ring (bicyclic) bond motifs is 7. The fraction of sp³-hybridized carbons (Fsp3) is 0.169. The number of benzene rings is 8. The molecule has 0 aliphatic carbocycles. The van der Waals surface area contributed by atoms with Gasteiger partial charge >= 0.3 is 0 Å². The van der Waals surface area contributed by atoms with Crippen LogP contribution in [-0.2, 0) is 20.1 Å². The number of rotatable bonds is 7. The van der Waals surface area contributed by atoms with Crippen molar-refractivity contribution in [1.82, 2.24) is 19.5 Å². The summed E-state index contributed by atoms with van der Waals surface area (Å²) in [6, 6.07) is 56.8. The van der Waals surface area contributed by atoms with E-state index in [4.69, 9.17) is 13.5 Å². The maximum absolute atomic E-state index is 7.33. The van der Waals surface area contributed by atoms with Gasteiger partial charge in [-0.1, -0.05) is 144 Å². The Morgan fingerprint density at radius 1 is 0.652 bits per heavy atom. The van der Waals surface area contributed by atoms with Gasteiger partial charge in [0.25, 0.3) is 0 Å². The first kappa shape index (κ1) is 41.0. The minimum atomic E-state index is -2.10. The summed E-state index contributed by atoms with van der Waals surface area (Å²) < 4.78 is 31.2. The summed E-state index contributed by atoms with van der Waals surface area (Å²) in [5, 5.41) is 8.21. The number of nitrogens with zero attached hydrogens (tertiary/aromatic N) is 4. The largest absolute Gasteiger partial charge is 0.501 e. The molecule has 0 unspecified atom stereocenters. The molecule has 3 heterocycles. The third kappa shape index (κ3) is 8.32. The topological polar surface area (TPSA) is 56.7 Å². The van der Waals surface area contributed by atoms with Crippen LogP contribution < -0.4 is 5.19 Å². The molecule has 66 heavy (non-hydrogen) atoms. The van der Waals surface area contributed by atoms with Crippen LogP contribution in [0.4, 0.5) is 0 Å². The molecule has 11 aromatic rings. The Morgan fingerprint density at radius 2 is 1.35 bits per heavy atom. The molecule has 0 amide bonds. The van der Waals surface area contributed by atoms with Gasteiger partial charge in [0.15, 0.2) is 0 Å². The molecule has 11 rings (SSSR count). The van der Waals surface area contributed by atoms with Crippen molar-refractivity contribution in [2.24, 2.45) is 0 Å². The number of imidazole rings is 1. The minimum Gasteiger partial charge on any atom is -0.501 e. The number of hydrogen-bond acceptors (Lipinski definition) is 4. The molecule has 1 radical (unpaired) electrons. The Hall–Kier alpha value is -6.50. The van der Waals surface area contributed by atoms with Crippen LogP contribution in [0.25, 0.3) is 94.1 Å². The number of aryl methyl sites for hydroxylation is 1. The van der Waals surface area contributed by atoms with Gasteiger partial charge < -0.3 is 8.98 Å². The first-order valence-electron chi connectivity index (χ1n) is 23.9. The average Bonchev–Trinajstić information content (AvgIpc) is 3.91. The van der Waals surface area contributed by atoms with Crippen LogP contribution in [0.2, 0.25) is 19.6 Å². The Morgan fingerprint density at radius 3 is 2.05 bits per heavy atom. The van der Waals surface area contributed by atoms with Crippen LogP contribution in [0.3, 0.4) is 0 Å². The van der Waals surface area contributed by atoms with Gasteiger partial charge in [-0.25, -0.2) is 0 Å². The molecule has 0 N–H and O–H groups in total. The smallest absolute Gasteiger partial charge is 0.121 e. The molecule has 0 aliphatic rings. The number of furan rings is 1. The fourth-order valence-electron chi connectivity index (χ4n) is 8.86. The molecular weight excluding hydrogens is 1000 g/mol. The molecule has 7 heteroatoms. The predicted octanol–water partition coefficient (Wildman–Crippen LogP) is 15.4. The zero-order valence-electron chi connectivity index (χ0n) is 41.2. The van der Waals surface area contributed by atoms with E-state index in [1.54, 1.807) is 12.1 Å². The normalized spacial score (nSPS) is 12.7. The second kappa shape index (κ2) is 18.1. The van der Waals surface area contributed by atoms with Crippen LogP contribution >= 0.6 is 0 Å². The third-order valence-corrected chi connectivity index (χ3v) is 14.4. The fourth-order valence-corrected chi connectivity index (χ4v) is 9.77. The van der Waals surface area contributed by atoms with Crippen molar-refractivity contribution in [2.45, 2.75) is 66.0 Å². The monoisotopic (exact) mass is 1060 g/mol. The van der Waals surface area contributed by atoms with Gasteiger partial charge in [-0.15, -0.1) is 53.6 Å². The van der Waals surface area contributed by atoms with Crippen molar-refractivity contribution in [3.05, 3.63) is 187 Å². The Labute approximate surface area is 406 Å². The summed E-state index contributed by atoms with van der Waals surface area (Å²) in [5.74, 6) is 1.98. The van der Waals surface area contributed by atoms with E-state index in [9.17, 15) is 0 Å². The van der Waals surface area contributed by atoms with Crippen molar-refractivity contribution in [3.8, 4) is 39.6 Å². The molecule has 3 aromatic heterocycles. The van der Waals surface area contributed by atoms with E-state index in [1.807, 2.05) is 18.5 Å². The molecule has 0 bridgehead atoms. The van der Waals surface area contributed by atoms with E-state index in [-0.39, 0.29) is 37.5 Å². The molecular formula is C59H52IrN4OSi-2. The molecule has 329 valence electrons. The van der Waals surface area contributed by atoms with E-state index in [1.165, 1.54) is 60.7 Å². The summed E-state index contributed by atoms with van der Waals surface area (Å²) in [6.45, 7) is 13.8. The maximum Gasteiger partial charge on any atom is 0.121 e. The summed E-state index contributed by atoms with van der Waals surface area (Å²) >= 11 is 0. The van der Waals surface area contributed by atoms with Gasteiger partial charge in [-0.3, -0.25) is 15.0 Å². The standard InChI is InChI=1S/C45H35N2O.C14H17N2Si.Ir/c1-27(2)36-24-32(29-13-6-5-7-14-29)25-37(28(3)4)43(36)47-41-20-11-10-19-40(41)46-45(47)35-18-12-17-34-39-23-31-22-21-30-15-8-9-16-33(30)38(31)26-42(39)48-44(34)35;1-11-5-7-12(8-6-11)14-15-9-13(10-16-14)17(2,3)4;/h5-17,19-28H,1-4H3;5-7,9-10H,1-4H3;/q2*-1;/i;1D3;. The summed E-state index contributed by atoms with van der Waals surface area (Å²) in [5.41, 5.74) is 11.8. The van der Waals surface area contributed by atoms with Crippen molar-refractivity contribution in [3.63, 3.8) is 0 Å².